The quantitative estimate of drug-likeness (QED) is 0.801. The van der Waals surface area contributed by atoms with Gasteiger partial charge < -0.3 is 4.90 Å². The Balaban J connectivity index is 2.38. The number of halogens is 2. The van der Waals surface area contributed by atoms with Gasteiger partial charge in [0.2, 0.25) is 5.91 Å². The minimum atomic E-state index is -3.08. The molecule has 0 bridgehead atoms. The van der Waals surface area contributed by atoms with Crippen molar-refractivity contribution in [2.75, 3.05) is 22.3 Å². The van der Waals surface area contributed by atoms with Crippen molar-refractivity contribution in [3.05, 3.63) is 29.3 Å². The van der Waals surface area contributed by atoms with E-state index in [0.29, 0.717) is 17.1 Å². The SMILES string of the molecule is O=C(CCl)N(c1ccccc1Cl)C1CCS(=O)(=O)C1. The van der Waals surface area contributed by atoms with Crippen LogP contribution in [0.5, 0.6) is 0 Å². The van der Waals surface area contributed by atoms with E-state index in [4.69, 9.17) is 23.2 Å². The first-order valence-electron chi connectivity index (χ1n) is 5.77. The number of para-hydroxylation sites is 1. The van der Waals surface area contributed by atoms with E-state index in [1.807, 2.05) is 0 Å². The molecule has 0 aromatic heterocycles. The number of anilines is 1. The van der Waals surface area contributed by atoms with Gasteiger partial charge >= 0.3 is 0 Å². The molecule has 0 aliphatic carbocycles. The molecule has 0 saturated carbocycles. The maximum Gasteiger partial charge on any atom is 0.242 e. The summed E-state index contributed by atoms with van der Waals surface area (Å²) < 4.78 is 23.1. The Morgan fingerprint density at radius 1 is 1.37 bits per heavy atom. The summed E-state index contributed by atoms with van der Waals surface area (Å²) in [6.45, 7) is 0. The largest absolute Gasteiger partial charge is 0.306 e. The van der Waals surface area contributed by atoms with Crippen molar-refractivity contribution in [2.45, 2.75) is 12.5 Å². The number of benzene rings is 1. The monoisotopic (exact) mass is 321 g/mol. The average molecular weight is 322 g/mol. The van der Waals surface area contributed by atoms with Crippen LogP contribution in [0.3, 0.4) is 0 Å². The molecule has 1 aromatic carbocycles. The number of hydrogen-bond donors (Lipinski definition) is 0. The molecule has 1 unspecified atom stereocenters. The topological polar surface area (TPSA) is 54.5 Å². The Morgan fingerprint density at radius 2 is 2.05 bits per heavy atom. The van der Waals surface area contributed by atoms with Gasteiger partial charge in [0.1, 0.15) is 5.88 Å². The molecule has 0 spiro atoms. The second-order valence-electron chi connectivity index (χ2n) is 4.41. The van der Waals surface area contributed by atoms with Gasteiger partial charge in [-0.15, -0.1) is 11.6 Å². The third-order valence-corrected chi connectivity index (χ3v) is 5.37. The summed E-state index contributed by atoms with van der Waals surface area (Å²) in [6.07, 6.45) is 0.413. The number of alkyl halides is 1. The van der Waals surface area contributed by atoms with Gasteiger partial charge in [-0.05, 0) is 18.6 Å². The fourth-order valence-electron chi connectivity index (χ4n) is 2.23. The number of hydrogen-bond acceptors (Lipinski definition) is 3. The molecule has 0 N–H and O–H groups in total. The number of carbonyl (C=O) groups excluding carboxylic acids is 1. The zero-order chi connectivity index (χ0) is 14.0. The summed E-state index contributed by atoms with van der Waals surface area (Å²) in [7, 11) is -3.08. The van der Waals surface area contributed by atoms with Crippen LogP contribution in [0, 0.1) is 0 Å². The standard InChI is InChI=1S/C12H13Cl2NO3S/c13-7-12(16)15(9-5-6-19(17,18)8-9)11-4-2-1-3-10(11)14/h1-4,9H,5-8H2. The Labute approximate surface area is 122 Å². The van der Waals surface area contributed by atoms with Gasteiger partial charge in [0, 0.05) is 0 Å². The Hall–Kier alpha value is -0.780. The maximum atomic E-state index is 12.0. The van der Waals surface area contributed by atoms with Crippen molar-refractivity contribution in [3.63, 3.8) is 0 Å². The third-order valence-electron chi connectivity index (χ3n) is 3.07. The van der Waals surface area contributed by atoms with E-state index in [1.54, 1.807) is 24.3 Å². The molecule has 104 valence electrons. The molecule has 1 aliphatic rings. The molecule has 1 heterocycles. The average Bonchev–Trinajstić information content (AvgIpc) is 2.72. The van der Waals surface area contributed by atoms with E-state index in [0.717, 1.165) is 0 Å². The van der Waals surface area contributed by atoms with Crippen LogP contribution in [-0.2, 0) is 14.6 Å². The fourth-order valence-corrected chi connectivity index (χ4v) is 4.28. The minimum Gasteiger partial charge on any atom is -0.306 e. The smallest absolute Gasteiger partial charge is 0.242 e. The highest BCUT2D eigenvalue weighted by Gasteiger charge is 2.35. The second-order valence-corrected chi connectivity index (χ2v) is 7.31. The van der Waals surface area contributed by atoms with Crippen LogP contribution in [0.1, 0.15) is 6.42 Å². The van der Waals surface area contributed by atoms with E-state index in [9.17, 15) is 13.2 Å². The van der Waals surface area contributed by atoms with Crippen molar-refractivity contribution in [2.24, 2.45) is 0 Å². The molecule has 7 heteroatoms. The lowest BCUT2D eigenvalue weighted by atomic mass is 10.2. The van der Waals surface area contributed by atoms with Crippen LogP contribution in [0.4, 0.5) is 5.69 Å². The van der Waals surface area contributed by atoms with Crippen LogP contribution in [0.2, 0.25) is 5.02 Å². The number of nitrogens with zero attached hydrogens (tertiary/aromatic N) is 1. The first kappa shape index (κ1) is 14.6. The van der Waals surface area contributed by atoms with Crippen molar-refractivity contribution < 1.29 is 13.2 Å². The lowest BCUT2D eigenvalue weighted by Crippen LogP contribution is -2.42. The number of amides is 1. The number of sulfone groups is 1. The molecular weight excluding hydrogens is 309 g/mol. The number of carbonyl (C=O) groups is 1. The zero-order valence-corrected chi connectivity index (χ0v) is 12.4. The van der Waals surface area contributed by atoms with Gasteiger partial charge in [-0.2, -0.15) is 0 Å². The van der Waals surface area contributed by atoms with Crippen molar-refractivity contribution in [3.8, 4) is 0 Å². The molecule has 1 fully saturated rings. The molecule has 1 saturated heterocycles. The lowest BCUT2D eigenvalue weighted by molar-refractivity contribution is -0.116. The van der Waals surface area contributed by atoms with Crippen LogP contribution in [-0.4, -0.2) is 37.8 Å². The van der Waals surface area contributed by atoms with E-state index < -0.39 is 15.9 Å². The molecule has 19 heavy (non-hydrogen) atoms. The highest BCUT2D eigenvalue weighted by atomic mass is 35.5. The molecule has 2 rings (SSSR count). The highest BCUT2D eigenvalue weighted by Crippen LogP contribution is 2.30. The van der Waals surface area contributed by atoms with Gasteiger partial charge in [-0.25, -0.2) is 8.42 Å². The Bertz CT molecular complexity index is 588. The van der Waals surface area contributed by atoms with E-state index in [2.05, 4.69) is 0 Å². The van der Waals surface area contributed by atoms with Gasteiger partial charge in [0.05, 0.1) is 28.3 Å². The first-order valence-corrected chi connectivity index (χ1v) is 8.51. The van der Waals surface area contributed by atoms with Crippen molar-refractivity contribution in [1.29, 1.82) is 0 Å². The summed E-state index contributed by atoms with van der Waals surface area (Å²) in [6, 6.07) is 6.46. The molecular formula is C12H13Cl2NO3S. The highest BCUT2D eigenvalue weighted by molar-refractivity contribution is 7.91. The van der Waals surface area contributed by atoms with Gasteiger partial charge in [-0.3, -0.25) is 4.79 Å². The van der Waals surface area contributed by atoms with E-state index >= 15 is 0 Å². The second kappa shape index (κ2) is 5.69. The predicted octanol–water partition coefficient (Wildman–Crippen LogP) is 2.10. The summed E-state index contributed by atoms with van der Waals surface area (Å²) >= 11 is 11.7. The molecule has 1 aliphatic heterocycles. The van der Waals surface area contributed by atoms with E-state index in [1.165, 1.54) is 4.90 Å². The molecule has 4 nitrogen and oxygen atoms in total. The van der Waals surface area contributed by atoms with Crippen LogP contribution >= 0.6 is 23.2 Å². The Morgan fingerprint density at radius 3 is 2.58 bits per heavy atom. The summed E-state index contributed by atoms with van der Waals surface area (Å²) in [5, 5.41) is 0.408. The third kappa shape index (κ3) is 3.22. The van der Waals surface area contributed by atoms with E-state index in [-0.39, 0.29) is 23.3 Å². The Kier molecular flexibility index (Phi) is 4.38. The molecule has 1 aromatic rings. The van der Waals surface area contributed by atoms with Crippen LogP contribution in [0.15, 0.2) is 24.3 Å². The summed E-state index contributed by atoms with van der Waals surface area (Å²) in [5.74, 6) is -0.492. The van der Waals surface area contributed by atoms with Crippen molar-refractivity contribution in [1.82, 2.24) is 0 Å². The zero-order valence-electron chi connectivity index (χ0n) is 10.1. The summed E-state index contributed by atoms with van der Waals surface area (Å²) in [4.78, 5) is 13.4. The minimum absolute atomic E-state index is 0.0408. The summed E-state index contributed by atoms with van der Waals surface area (Å²) in [5.41, 5.74) is 0.511. The van der Waals surface area contributed by atoms with Crippen molar-refractivity contribution >= 4 is 44.6 Å². The van der Waals surface area contributed by atoms with Crippen LogP contribution in [0.25, 0.3) is 0 Å². The lowest BCUT2D eigenvalue weighted by Gasteiger charge is -2.28. The molecule has 1 atom stereocenters. The first-order chi connectivity index (χ1) is 8.94. The maximum absolute atomic E-state index is 12.0. The molecule has 1 amide bonds. The van der Waals surface area contributed by atoms with Crippen LogP contribution < -0.4 is 4.90 Å². The number of rotatable bonds is 3. The van der Waals surface area contributed by atoms with Gasteiger partial charge in [-0.1, -0.05) is 23.7 Å². The fraction of sp³-hybridized carbons (Fsp3) is 0.417. The normalized spacial score (nSPS) is 21.3. The predicted molar refractivity (Wildman–Crippen MR) is 76.7 cm³/mol. The van der Waals surface area contributed by atoms with Gasteiger partial charge in [0.25, 0.3) is 0 Å². The molecule has 0 radical (unpaired) electrons. The van der Waals surface area contributed by atoms with Gasteiger partial charge in [0.15, 0.2) is 9.84 Å².